The smallest absolute Gasteiger partial charge is 0.321 e. The van der Waals surface area contributed by atoms with Crippen LogP contribution in [-0.4, -0.2) is 11.9 Å². The largest absolute Gasteiger partial charge is 0.393 e. The Morgan fingerprint density at radius 1 is 1.25 bits per heavy atom. The van der Waals surface area contributed by atoms with Crippen molar-refractivity contribution in [2.45, 2.75) is 12.3 Å². The van der Waals surface area contributed by atoms with Gasteiger partial charge in [0.05, 0.1) is 17.4 Å². The van der Waals surface area contributed by atoms with Crippen molar-refractivity contribution in [3.05, 3.63) is 34.4 Å². The highest BCUT2D eigenvalue weighted by Gasteiger charge is 2.38. The van der Waals surface area contributed by atoms with Crippen LogP contribution in [0.15, 0.2) is 12.1 Å². The van der Waals surface area contributed by atoms with Crippen molar-refractivity contribution in [1.82, 2.24) is 0 Å². The summed E-state index contributed by atoms with van der Waals surface area (Å²) < 4.78 is 30.8. The van der Waals surface area contributed by atoms with Crippen LogP contribution in [0.2, 0.25) is 5.02 Å². The van der Waals surface area contributed by atoms with Gasteiger partial charge in [-0.2, -0.15) is 0 Å². The lowest BCUT2D eigenvalue weighted by Gasteiger charge is -2.09. The molecular formula is C10H5ClF2O3. The van der Waals surface area contributed by atoms with Gasteiger partial charge in [0.25, 0.3) is 0 Å². The minimum Gasteiger partial charge on any atom is -0.393 e. The minimum absolute atomic E-state index is 0.321. The second kappa shape index (κ2) is 3.83. The molecule has 1 aliphatic heterocycles. The van der Waals surface area contributed by atoms with E-state index < -0.39 is 34.5 Å². The molecule has 0 aliphatic carbocycles. The fraction of sp³-hybridized carbons (Fsp3) is 0.200. The third-order valence-electron chi connectivity index (χ3n) is 2.30. The standard InChI is InChI=1S/C10H5ClF2O3/c11-9-6(13)2-1-5(12)8(9)4-3-7(14)16-10(4)15/h1-2,4H,3H2. The Labute approximate surface area is 94.0 Å². The Bertz CT molecular complexity index is 487. The molecule has 1 fully saturated rings. The van der Waals surface area contributed by atoms with E-state index >= 15 is 0 Å². The Morgan fingerprint density at radius 2 is 1.88 bits per heavy atom. The highest BCUT2D eigenvalue weighted by atomic mass is 35.5. The lowest BCUT2D eigenvalue weighted by molar-refractivity contribution is -0.152. The van der Waals surface area contributed by atoms with Crippen LogP contribution in [-0.2, 0) is 14.3 Å². The predicted molar refractivity (Wildman–Crippen MR) is 49.8 cm³/mol. The number of rotatable bonds is 1. The first-order valence-corrected chi connectivity index (χ1v) is 4.76. The first kappa shape index (κ1) is 11.0. The quantitative estimate of drug-likeness (QED) is 0.433. The summed E-state index contributed by atoms with van der Waals surface area (Å²) in [5, 5.41) is -0.489. The van der Waals surface area contributed by atoms with Gasteiger partial charge >= 0.3 is 11.9 Å². The molecule has 1 aromatic rings. The zero-order valence-electron chi connectivity index (χ0n) is 7.80. The maximum atomic E-state index is 13.4. The van der Waals surface area contributed by atoms with Gasteiger partial charge in [0, 0.05) is 5.56 Å². The number of esters is 2. The lowest BCUT2D eigenvalue weighted by Crippen LogP contribution is -2.09. The molecule has 16 heavy (non-hydrogen) atoms. The van der Waals surface area contributed by atoms with Gasteiger partial charge < -0.3 is 4.74 Å². The lowest BCUT2D eigenvalue weighted by atomic mass is 9.97. The number of hydrogen-bond donors (Lipinski definition) is 0. The fourth-order valence-corrected chi connectivity index (χ4v) is 1.84. The van der Waals surface area contributed by atoms with Crippen molar-refractivity contribution >= 4 is 23.5 Å². The Morgan fingerprint density at radius 3 is 2.44 bits per heavy atom. The van der Waals surface area contributed by atoms with Gasteiger partial charge in [-0.05, 0) is 12.1 Å². The van der Waals surface area contributed by atoms with Crippen LogP contribution in [0.5, 0.6) is 0 Å². The van der Waals surface area contributed by atoms with Crippen molar-refractivity contribution in [2.75, 3.05) is 0 Å². The highest BCUT2D eigenvalue weighted by Crippen LogP contribution is 2.35. The molecular weight excluding hydrogens is 242 g/mol. The van der Waals surface area contributed by atoms with Crippen molar-refractivity contribution in [3.8, 4) is 0 Å². The molecule has 6 heteroatoms. The molecule has 0 N–H and O–H groups in total. The molecule has 1 atom stereocenters. The van der Waals surface area contributed by atoms with Crippen LogP contribution in [0.25, 0.3) is 0 Å². The van der Waals surface area contributed by atoms with E-state index in [4.69, 9.17) is 11.6 Å². The topological polar surface area (TPSA) is 43.4 Å². The van der Waals surface area contributed by atoms with Crippen LogP contribution in [0.1, 0.15) is 17.9 Å². The third-order valence-corrected chi connectivity index (χ3v) is 2.68. The summed E-state index contributed by atoms with van der Waals surface area (Å²) in [5.74, 6) is -4.50. The second-order valence-corrected chi connectivity index (χ2v) is 3.68. The molecule has 1 heterocycles. The molecule has 1 unspecified atom stereocenters. The van der Waals surface area contributed by atoms with E-state index in [2.05, 4.69) is 4.74 Å². The zero-order chi connectivity index (χ0) is 11.9. The molecule has 2 rings (SSSR count). The van der Waals surface area contributed by atoms with Gasteiger partial charge in [0.1, 0.15) is 11.6 Å². The summed E-state index contributed by atoms with van der Waals surface area (Å²) >= 11 is 5.56. The van der Waals surface area contributed by atoms with E-state index in [0.717, 1.165) is 12.1 Å². The fourth-order valence-electron chi connectivity index (χ4n) is 1.56. The predicted octanol–water partition coefficient (Wildman–Crippen LogP) is 2.18. The average Bonchev–Trinajstić information content (AvgIpc) is 2.53. The van der Waals surface area contributed by atoms with Gasteiger partial charge in [-0.3, -0.25) is 9.59 Å². The van der Waals surface area contributed by atoms with Crippen LogP contribution in [0.3, 0.4) is 0 Å². The first-order valence-electron chi connectivity index (χ1n) is 4.38. The summed E-state index contributed by atoms with van der Waals surface area (Å²) in [4.78, 5) is 22.1. The second-order valence-electron chi connectivity index (χ2n) is 3.31. The molecule has 84 valence electrons. The molecule has 1 aliphatic rings. The Kier molecular flexibility index (Phi) is 2.63. The summed E-state index contributed by atoms with van der Waals surface area (Å²) in [6.07, 6.45) is -0.321. The first-order chi connectivity index (χ1) is 7.50. The van der Waals surface area contributed by atoms with Crippen molar-refractivity contribution < 1.29 is 23.1 Å². The molecule has 0 aromatic heterocycles. The SMILES string of the molecule is O=C1CC(c2c(F)ccc(F)c2Cl)C(=O)O1. The number of cyclic esters (lactones) is 2. The molecule has 1 saturated heterocycles. The summed E-state index contributed by atoms with van der Waals surface area (Å²) in [5.41, 5.74) is -0.322. The zero-order valence-corrected chi connectivity index (χ0v) is 8.55. The summed E-state index contributed by atoms with van der Waals surface area (Å²) in [7, 11) is 0. The maximum Gasteiger partial charge on any atom is 0.321 e. The number of ether oxygens (including phenoxy) is 1. The molecule has 0 amide bonds. The van der Waals surface area contributed by atoms with E-state index in [1.165, 1.54) is 0 Å². The summed E-state index contributed by atoms with van der Waals surface area (Å²) in [6.45, 7) is 0. The minimum atomic E-state index is -1.16. The van der Waals surface area contributed by atoms with Crippen LogP contribution in [0, 0.1) is 11.6 Å². The monoisotopic (exact) mass is 246 g/mol. The van der Waals surface area contributed by atoms with Gasteiger partial charge in [-0.25, -0.2) is 8.78 Å². The van der Waals surface area contributed by atoms with Gasteiger partial charge in [0.15, 0.2) is 0 Å². The third kappa shape index (κ3) is 1.67. The van der Waals surface area contributed by atoms with E-state index in [0.29, 0.717) is 0 Å². The van der Waals surface area contributed by atoms with Crippen molar-refractivity contribution in [1.29, 1.82) is 0 Å². The number of carbonyl (C=O) groups excluding carboxylic acids is 2. The van der Waals surface area contributed by atoms with Gasteiger partial charge in [-0.1, -0.05) is 11.6 Å². The van der Waals surface area contributed by atoms with E-state index in [1.54, 1.807) is 0 Å². The van der Waals surface area contributed by atoms with Gasteiger partial charge in [0.2, 0.25) is 0 Å². The molecule has 0 spiro atoms. The Hall–Kier alpha value is -1.49. The number of hydrogen-bond acceptors (Lipinski definition) is 3. The Balaban J connectivity index is 2.52. The van der Waals surface area contributed by atoms with E-state index in [-0.39, 0.29) is 12.0 Å². The molecule has 0 saturated carbocycles. The molecule has 3 nitrogen and oxygen atoms in total. The van der Waals surface area contributed by atoms with E-state index in [9.17, 15) is 18.4 Å². The number of benzene rings is 1. The van der Waals surface area contributed by atoms with Crippen LogP contribution in [0.4, 0.5) is 8.78 Å². The average molecular weight is 247 g/mol. The van der Waals surface area contributed by atoms with Gasteiger partial charge in [-0.15, -0.1) is 0 Å². The highest BCUT2D eigenvalue weighted by molar-refractivity contribution is 6.32. The molecule has 1 aromatic carbocycles. The molecule has 0 bridgehead atoms. The van der Waals surface area contributed by atoms with Crippen molar-refractivity contribution in [3.63, 3.8) is 0 Å². The maximum absolute atomic E-state index is 13.4. The van der Waals surface area contributed by atoms with Crippen LogP contribution >= 0.6 is 11.6 Å². The van der Waals surface area contributed by atoms with Crippen molar-refractivity contribution in [2.24, 2.45) is 0 Å². The van der Waals surface area contributed by atoms with E-state index in [1.807, 2.05) is 0 Å². The normalized spacial score (nSPS) is 20.1. The number of halogens is 3. The number of carbonyl (C=O) groups is 2. The molecule has 0 radical (unpaired) electrons. The van der Waals surface area contributed by atoms with Crippen LogP contribution < -0.4 is 0 Å². The summed E-state index contributed by atoms with van der Waals surface area (Å²) in [6, 6.07) is 1.70.